The molecule has 2 N–H and O–H groups in total. The molecule has 0 spiro atoms. The molecule has 0 bridgehead atoms. The van der Waals surface area contributed by atoms with E-state index in [1.807, 2.05) is 20.8 Å². The van der Waals surface area contributed by atoms with Gasteiger partial charge in [0.1, 0.15) is 0 Å². The van der Waals surface area contributed by atoms with E-state index in [0.29, 0.717) is 38.9 Å². The molecule has 2 rings (SSSR count). The van der Waals surface area contributed by atoms with Crippen LogP contribution in [0, 0.1) is 0 Å². The van der Waals surface area contributed by atoms with Gasteiger partial charge in [0, 0.05) is 25.7 Å². The van der Waals surface area contributed by atoms with Gasteiger partial charge >= 0.3 is 6.09 Å². The summed E-state index contributed by atoms with van der Waals surface area (Å²) in [5.74, 6) is 0.814. The van der Waals surface area contributed by atoms with Crippen molar-refractivity contribution in [2.24, 2.45) is 4.99 Å². The molecule has 7 nitrogen and oxygen atoms in total. The number of nitrogens with one attached hydrogen (secondary N) is 2. The lowest BCUT2D eigenvalue weighted by Crippen LogP contribution is -2.49. The number of hydrogen-bond acceptors (Lipinski definition) is 4. The summed E-state index contributed by atoms with van der Waals surface area (Å²) in [6.07, 6.45) is 1.78. The largest absolute Gasteiger partial charge is 0.450 e. The molecule has 1 aromatic carbocycles. The van der Waals surface area contributed by atoms with Crippen LogP contribution in [-0.2, 0) is 22.6 Å². The zero-order chi connectivity index (χ0) is 21.1. The van der Waals surface area contributed by atoms with Crippen molar-refractivity contribution in [2.75, 3.05) is 26.2 Å². The number of guanidine groups is 1. The average Bonchev–Trinajstić information content (AvgIpc) is 2.72. The molecule has 0 atom stereocenters. The zero-order valence-electron chi connectivity index (χ0n) is 18.2. The maximum absolute atomic E-state index is 11.8. The molecule has 0 aromatic heterocycles. The first kappa shape index (κ1) is 23.0. The summed E-state index contributed by atoms with van der Waals surface area (Å²) in [5.41, 5.74) is 2.33. The van der Waals surface area contributed by atoms with Crippen LogP contribution in [0.4, 0.5) is 4.79 Å². The van der Waals surface area contributed by atoms with Crippen molar-refractivity contribution in [2.45, 2.75) is 65.8 Å². The molecular formula is C22H36N4O3. The van der Waals surface area contributed by atoms with Crippen LogP contribution in [0.5, 0.6) is 0 Å². The molecule has 1 amide bonds. The first-order chi connectivity index (χ1) is 14.0. The predicted octanol–water partition coefficient (Wildman–Crippen LogP) is 3.29. The number of rotatable bonds is 8. The lowest BCUT2D eigenvalue weighted by Gasteiger charge is -2.32. The van der Waals surface area contributed by atoms with E-state index in [9.17, 15) is 4.79 Å². The van der Waals surface area contributed by atoms with Gasteiger partial charge < -0.3 is 25.0 Å². The number of amides is 1. The van der Waals surface area contributed by atoms with Crippen molar-refractivity contribution in [3.8, 4) is 0 Å². The maximum atomic E-state index is 11.8. The summed E-state index contributed by atoms with van der Waals surface area (Å²) in [7, 11) is 0. The van der Waals surface area contributed by atoms with Gasteiger partial charge in [-0.05, 0) is 51.7 Å². The van der Waals surface area contributed by atoms with Gasteiger partial charge in [0.05, 0.1) is 25.9 Å². The molecule has 29 heavy (non-hydrogen) atoms. The van der Waals surface area contributed by atoms with E-state index in [0.717, 1.165) is 30.9 Å². The van der Waals surface area contributed by atoms with Crippen LogP contribution >= 0.6 is 0 Å². The summed E-state index contributed by atoms with van der Waals surface area (Å²) < 4.78 is 10.7. The second kappa shape index (κ2) is 12.3. The van der Waals surface area contributed by atoms with Crippen LogP contribution in [0.3, 0.4) is 0 Å². The van der Waals surface area contributed by atoms with Crippen LogP contribution in [0.15, 0.2) is 29.3 Å². The van der Waals surface area contributed by atoms with Crippen molar-refractivity contribution < 1.29 is 14.3 Å². The van der Waals surface area contributed by atoms with E-state index in [-0.39, 0.29) is 12.2 Å². The van der Waals surface area contributed by atoms with Crippen LogP contribution in [0.1, 0.15) is 51.7 Å². The second-order valence-corrected chi connectivity index (χ2v) is 7.48. The Morgan fingerprint density at radius 1 is 1.17 bits per heavy atom. The van der Waals surface area contributed by atoms with E-state index in [1.165, 1.54) is 5.56 Å². The van der Waals surface area contributed by atoms with Gasteiger partial charge in [0.15, 0.2) is 5.96 Å². The molecule has 162 valence electrons. The molecule has 1 aromatic rings. The molecule has 7 heteroatoms. The van der Waals surface area contributed by atoms with Crippen molar-refractivity contribution in [1.29, 1.82) is 0 Å². The predicted molar refractivity (Wildman–Crippen MR) is 116 cm³/mol. The Hall–Kier alpha value is -2.28. The number of likely N-dealkylation sites (tertiary alicyclic amines) is 1. The van der Waals surface area contributed by atoms with Gasteiger partial charge in [-0.2, -0.15) is 0 Å². The summed E-state index contributed by atoms with van der Waals surface area (Å²) in [5, 5.41) is 6.82. The van der Waals surface area contributed by atoms with E-state index < -0.39 is 0 Å². The molecule has 1 aliphatic heterocycles. The van der Waals surface area contributed by atoms with Gasteiger partial charge in [-0.15, -0.1) is 0 Å². The fourth-order valence-corrected chi connectivity index (χ4v) is 3.11. The number of nitrogens with zero attached hydrogens (tertiary/aromatic N) is 2. The standard InChI is InChI=1S/C22H36N4O3/c1-5-23-21(25-20-11-13-26(14-12-20)22(27)28-6-2)24-15-18-7-9-19(10-8-18)16-29-17(3)4/h7-10,17,20H,5-6,11-16H2,1-4H3,(H2,23,24,25). The lowest BCUT2D eigenvalue weighted by molar-refractivity contribution is 0.0657. The molecule has 0 saturated carbocycles. The Balaban J connectivity index is 1.84. The SMILES string of the molecule is CCNC(=NCc1ccc(COC(C)C)cc1)NC1CCN(C(=O)OCC)CC1. The third-order valence-corrected chi connectivity index (χ3v) is 4.73. The molecule has 1 heterocycles. The molecular weight excluding hydrogens is 368 g/mol. The van der Waals surface area contributed by atoms with Crippen LogP contribution < -0.4 is 10.6 Å². The van der Waals surface area contributed by atoms with Gasteiger partial charge in [-0.3, -0.25) is 0 Å². The number of piperidine rings is 1. The second-order valence-electron chi connectivity index (χ2n) is 7.48. The fraction of sp³-hybridized carbons (Fsp3) is 0.636. The fourth-order valence-electron chi connectivity index (χ4n) is 3.11. The van der Waals surface area contributed by atoms with Crippen molar-refractivity contribution in [3.05, 3.63) is 35.4 Å². The minimum Gasteiger partial charge on any atom is -0.450 e. The summed E-state index contributed by atoms with van der Waals surface area (Å²) >= 11 is 0. The number of carbonyl (C=O) groups is 1. The normalized spacial score (nSPS) is 15.5. The van der Waals surface area contributed by atoms with Gasteiger partial charge in [0.2, 0.25) is 0 Å². The highest BCUT2D eigenvalue weighted by Gasteiger charge is 2.24. The van der Waals surface area contributed by atoms with Crippen LogP contribution in [0.2, 0.25) is 0 Å². The third-order valence-electron chi connectivity index (χ3n) is 4.73. The minimum atomic E-state index is -0.214. The minimum absolute atomic E-state index is 0.214. The van der Waals surface area contributed by atoms with Gasteiger partial charge in [0.25, 0.3) is 0 Å². The lowest BCUT2D eigenvalue weighted by atomic mass is 10.1. The molecule has 0 radical (unpaired) electrons. The van der Waals surface area contributed by atoms with Gasteiger partial charge in [-0.1, -0.05) is 24.3 Å². The van der Waals surface area contributed by atoms with E-state index in [2.05, 4.69) is 41.8 Å². The highest BCUT2D eigenvalue weighted by molar-refractivity contribution is 5.80. The van der Waals surface area contributed by atoms with Crippen molar-refractivity contribution >= 4 is 12.1 Å². The summed E-state index contributed by atoms with van der Waals surface area (Å²) in [4.78, 5) is 18.3. The van der Waals surface area contributed by atoms with Crippen LogP contribution in [0.25, 0.3) is 0 Å². The summed E-state index contributed by atoms with van der Waals surface area (Å²) in [6, 6.07) is 8.69. The topological polar surface area (TPSA) is 75.2 Å². The molecule has 1 aliphatic rings. The zero-order valence-corrected chi connectivity index (χ0v) is 18.2. The maximum Gasteiger partial charge on any atom is 0.409 e. The smallest absolute Gasteiger partial charge is 0.409 e. The number of ether oxygens (including phenoxy) is 2. The number of hydrogen-bond donors (Lipinski definition) is 2. The number of carbonyl (C=O) groups excluding carboxylic acids is 1. The molecule has 0 unspecified atom stereocenters. The Labute approximate surface area is 174 Å². The Kier molecular flexibility index (Phi) is 9.77. The Bertz CT molecular complexity index is 638. The Morgan fingerprint density at radius 2 is 1.83 bits per heavy atom. The first-order valence-corrected chi connectivity index (χ1v) is 10.7. The molecule has 1 saturated heterocycles. The molecule has 1 fully saturated rings. The van der Waals surface area contributed by atoms with Gasteiger partial charge in [-0.25, -0.2) is 9.79 Å². The van der Waals surface area contributed by atoms with Crippen molar-refractivity contribution in [3.63, 3.8) is 0 Å². The van der Waals surface area contributed by atoms with Crippen LogP contribution in [-0.4, -0.2) is 55.3 Å². The highest BCUT2D eigenvalue weighted by Crippen LogP contribution is 2.12. The van der Waals surface area contributed by atoms with E-state index >= 15 is 0 Å². The van der Waals surface area contributed by atoms with E-state index in [1.54, 1.807) is 4.90 Å². The quantitative estimate of drug-likeness (QED) is 0.514. The molecule has 0 aliphatic carbocycles. The van der Waals surface area contributed by atoms with Crippen molar-refractivity contribution in [1.82, 2.24) is 15.5 Å². The Morgan fingerprint density at radius 3 is 2.41 bits per heavy atom. The highest BCUT2D eigenvalue weighted by atomic mass is 16.6. The average molecular weight is 405 g/mol. The number of aliphatic imine (C=N–C) groups is 1. The monoisotopic (exact) mass is 404 g/mol. The van der Waals surface area contributed by atoms with E-state index in [4.69, 9.17) is 14.5 Å². The number of benzene rings is 1. The first-order valence-electron chi connectivity index (χ1n) is 10.7. The third kappa shape index (κ3) is 8.31. The summed E-state index contributed by atoms with van der Waals surface area (Å²) in [6.45, 7) is 11.9.